The molecule has 7 nitrogen and oxygen atoms in total. The van der Waals surface area contributed by atoms with Crippen molar-refractivity contribution in [3.8, 4) is 22.1 Å². The lowest BCUT2D eigenvalue weighted by Crippen LogP contribution is -2.30. The molecule has 0 fully saturated rings. The predicted molar refractivity (Wildman–Crippen MR) is 89.1 cm³/mol. The number of ether oxygens (including phenoxy) is 3. The summed E-state index contributed by atoms with van der Waals surface area (Å²) < 4.78 is 15.4. The number of benzene rings is 1. The summed E-state index contributed by atoms with van der Waals surface area (Å²) in [6, 6.07) is 5.46. The first-order valence-electron chi connectivity index (χ1n) is 7.10. The van der Waals surface area contributed by atoms with Gasteiger partial charge in [0.2, 0.25) is 0 Å². The van der Waals surface area contributed by atoms with Gasteiger partial charge in [0, 0.05) is 10.9 Å². The standard InChI is InChI=1S/C16H18N2O5S/c1-9(15(17)20)23-14(19)7-11-8-24-16(18-11)10-4-5-12(21-2)13(6-10)22-3/h4-6,8-9H,7H2,1-3H3,(H2,17,20)/t9-/m0/s1. The van der Waals surface area contributed by atoms with Gasteiger partial charge in [0.25, 0.3) is 5.91 Å². The molecule has 128 valence electrons. The van der Waals surface area contributed by atoms with Gasteiger partial charge in [0.15, 0.2) is 17.6 Å². The lowest BCUT2D eigenvalue weighted by Gasteiger charge is -2.08. The number of esters is 1. The van der Waals surface area contributed by atoms with E-state index in [1.165, 1.54) is 18.3 Å². The summed E-state index contributed by atoms with van der Waals surface area (Å²) in [6.45, 7) is 1.43. The number of aromatic nitrogens is 1. The highest BCUT2D eigenvalue weighted by Gasteiger charge is 2.17. The van der Waals surface area contributed by atoms with Crippen LogP contribution in [0.4, 0.5) is 0 Å². The van der Waals surface area contributed by atoms with Crippen molar-refractivity contribution < 1.29 is 23.8 Å². The van der Waals surface area contributed by atoms with Crippen LogP contribution in [0.2, 0.25) is 0 Å². The number of methoxy groups -OCH3 is 2. The Balaban J connectivity index is 2.10. The Morgan fingerprint density at radius 2 is 1.96 bits per heavy atom. The highest BCUT2D eigenvalue weighted by Crippen LogP contribution is 2.33. The van der Waals surface area contributed by atoms with Crippen molar-refractivity contribution >= 4 is 23.2 Å². The molecular formula is C16H18N2O5S. The Bertz CT molecular complexity index is 744. The highest BCUT2D eigenvalue weighted by atomic mass is 32.1. The van der Waals surface area contributed by atoms with E-state index in [0.717, 1.165) is 10.6 Å². The molecule has 1 heterocycles. The Morgan fingerprint density at radius 3 is 2.58 bits per heavy atom. The number of primary amides is 1. The number of carbonyl (C=O) groups is 2. The van der Waals surface area contributed by atoms with Crippen LogP contribution in [0.3, 0.4) is 0 Å². The van der Waals surface area contributed by atoms with Crippen LogP contribution in [-0.4, -0.2) is 37.2 Å². The minimum Gasteiger partial charge on any atom is -0.493 e. The summed E-state index contributed by atoms with van der Waals surface area (Å²) in [5.74, 6) is -0.0124. The zero-order valence-corrected chi connectivity index (χ0v) is 14.4. The van der Waals surface area contributed by atoms with Crippen LogP contribution in [0, 0.1) is 0 Å². The lowest BCUT2D eigenvalue weighted by molar-refractivity contribution is -0.153. The maximum atomic E-state index is 11.8. The largest absolute Gasteiger partial charge is 0.493 e. The van der Waals surface area contributed by atoms with Gasteiger partial charge in [-0.3, -0.25) is 9.59 Å². The van der Waals surface area contributed by atoms with Crippen molar-refractivity contribution in [2.45, 2.75) is 19.4 Å². The fourth-order valence-electron chi connectivity index (χ4n) is 1.93. The monoisotopic (exact) mass is 350 g/mol. The van der Waals surface area contributed by atoms with E-state index in [4.69, 9.17) is 19.9 Å². The smallest absolute Gasteiger partial charge is 0.312 e. The maximum absolute atomic E-state index is 11.8. The molecule has 0 saturated heterocycles. The van der Waals surface area contributed by atoms with Gasteiger partial charge >= 0.3 is 5.97 Å². The molecule has 24 heavy (non-hydrogen) atoms. The summed E-state index contributed by atoms with van der Waals surface area (Å²) in [5, 5.41) is 2.50. The summed E-state index contributed by atoms with van der Waals surface area (Å²) in [7, 11) is 3.13. The number of carbonyl (C=O) groups excluding carboxylic acids is 2. The first-order valence-corrected chi connectivity index (χ1v) is 7.98. The van der Waals surface area contributed by atoms with Crippen molar-refractivity contribution in [1.82, 2.24) is 4.98 Å². The number of hydrogen-bond acceptors (Lipinski definition) is 7. The van der Waals surface area contributed by atoms with Gasteiger partial charge in [0.05, 0.1) is 26.3 Å². The Kier molecular flexibility index (Phi) is 5.75. The Labute approximate surface area is 143 Å². The third-order valence-corrected chi connectivity index (χ3v) is 4.16. The number of nitrogens with two attached hydrogens (primary N) is 1. The van der Waals surface area contributed by atoms with Gasteiger partial charge in [-0.25, -0.2) is 4.98 Å². The molecular weight excluding hydrogens is 332 g/mol. The summed E-state index contributed by atoms with van der Waals surface area (Å²) in [5.41, 5.74) is 6.47. The zero-order valence-electron chi connectivity index (χ0n) is 13.6. The third kappa shape index (κ3) is 4.23. The molecule has 0 spiro atoms. The van der Waals surface area contributed by atoms with Gasteiger partial charge in [-0.2, -0.15) is 0 Å². The zero-order chi connectivity index (χ0) is 17.7. The molecule has 0 aliphatic carbocycles. The molecule has 1 aromatic heterocycles. The van der Waals surface area contributed by atoms with Crippen LogP contribution in [-0.2, 0) is 20.7 Å². The molecule has 8 heteroatoms. The number of amides is 1. The topological polar surface area (TPSA) is 101 Å². The summed E-state index contributed by atoms with van der Waals surface area (Å²) in [4.78, 5) is 27.1. The SMILES string of the molecule is COc1ccc(-c2nc(CC(=O)O[C@@H](C)C(N)=O)cs2)cc1OC. The van der Waals surface area contributed by atoms with Gasteiger partial charge in [-0.05, 0) is 25.1 Å². The molecule has 0 radical (unpaired) electrons. The van der Waals surface area contributed by atoms with E-state index in [1.807, 2.05) is 12.1 Å². The second-order valence-corrected chi connectivity index (χ2v) is 5.78. The van der Waals surface area contributed by atoms with Crippen LogP contribution in [0.5, 0.6) is 11.5 Å². The van der Waals surface area contributed by atoms with Crippen LogP contribution >= 0.6 is 11.3 Å². The number of thiazole rings is 1. The van der Waals surface area contributed by atoms with Crippen LogP contribution in [0.25, 0.3) is 10.6 Å². The molecule has 0 saturated carbocycles. The Morgan fingerprint density at radius 1 is 1.25 bits per heavy atom. The van der Waals surface area contributed by atoms with E-state index in [-0.39, 0.29) is 6.42 Å². The fourth-order valence-corrected chi connectivity index (χ4v) is 2.75. The first kappa shape index (κ1) is 17.7. The normalized spacial score (nSPS) is 11.6. The van der Waals surface area contributed by atoms with Crippen LogP contribution in [0.1, 0.15) is 12.6 Å². The quantitative estimate of drug-likeness (QED) is 0.764. The number of hydrogen-bond donors (Lipinski definition) is 1. The Hall–Kier alpha value is -2.61. The lowest BCUT2D eigenvalue weighted by atomic mass is 10.2. The molecule has 0 bridgehead atoms. The van der Waals surface area contributed by atoms with Crippen molar-refractivity contribution in [3.63, 3.8) is 0 Å². The van der Waals surface area contributed by atoms with Gasteiger partial charge < -0.3 is 19.9 Å². The van der Waals surface area contributed by atoms with Gasteiger partial charge in [-0.15, -0.1) is 11.3 Å². The van der Waals surface area contributed by atoms with E-state index < -0.39 is 18.0 Å². The minimum atomic E-state index is -0.957. The summed E-state index contributed by atoms with van der Waals surface area (Å²) >= 11 is 1.40. The van der Waals surface area contributed by atoms with Crippen molar-refractivity contribution in [1.29, 1.82) is 0 Å². The van der Waals surface area contributed by atoms with Gasteiger partial charge in [0.1, 0.15) is 5.01 Å². The second kappa shape index (κ2) is 7.78. The maximum Gasteiger partial charge on any atom is 0.312 e. The first-order chi connectivity index (χ1) is 11.4. The van der Waals surface area contributed by atoms with Crippen LogP contribution < -0.4 is 15.2 Å². The highest BCUT2D eigenvalue weighted by molar-refractivity contribution is 7.13. The van der Waals surface area contributed by atoms with E-state index in [2.05, 4.69) is 4.98 Å². The molecule has 2 rings (SSSR count). The third-order valence-electron chi connectivity index (χ3n) is 3.22. The molecule has 0 aliphatic rings. The molecule has 1 amide bonds. The summed E-state index contributed by atoms with van der Waals surface area (Å²) in [6.07, 6.45) is -0.983. The molecule has 0 unspecified atom stereocenters. The molecule has 2 N–H and O–H groups in total. The number of nitrogens with zero attached hydrogens (tertiary/aromatic N) is 1. The molecule has 1 aromatic carbocycles. The molecule has 0 aliphatic heterocycles. The van der Waals surface area contributed by atoms with Crippen LogP contribution in [0.15, 0.2) is 23.6 Å². The van der Waals surface area contributed by atoms with E-state index >= 15 is 0 Å². The average molecular weight is 350 g/mol. The van der Waals surface area contributed by atoms with E-state index in [0.29, 0.717) is 17.2 Å². The van der Waals surface area contributed by atoms with Crippen molar-refractivity contribution in [2.24, 2.45) is 5.73 Å². The fraction of sp³-hybridized carbons (Fsp3) is 0.312. The number of rotatable bonds is 7. The van der Waals surface area contributed by atoms with Gasteiger partial charge in [-0.1, -0.05) is 0 Å². The average Bonchev–Trinajstić information content (AvgIpc) is 3.02. The van der Waals surface area contributed by atoms with E-state index in [9.17, 15) is 9.59 Å². The molecule has 2 aromatic rings. The van der Waals surface area contributed by atoms with Crippen molar-refractivity contribution in [2.75, 3.05) is 14.2 Å². The predicted octanol–water partition coefficient (Wildman–Crippen LogP) is 1.79. The van der Waals surface area contributed by atoms with Crippen molar-refractivity contribution in [3.05, 3.63) is 29.3 Å². The minimum absolute atomic E-state index is 0.0264. The van der Waals surface area contributed by atoms with E-state index in [1.54, 1.807) is 25.7 Å². The second-order valence-electron chi connectivity index (χ2n) is 4.92. The molecule has 1 atom stereocenters.